The maximum atomic E-state index is 13.9. The lowest BCUT2D eigenvalue weighted by Gasteiger charge is -2.48. The highest BCUT2D eigenvalue weighted by Crippen LogP contribution is 2.64. The van der Waals surface area contributed by atoms with Crippen LogP contribution in [0.1, 0.15) is 33.7 Å². The molecule has 0 N–H and O–H groups in total. The molecule has 3 aromatic rings. The van der Waals surface area contributed by atoms with Crippen molar-refractivity contribution in [2.24, 2.45) is 11.8 Å². The van der Waals surface area contributed by atoms with E-state index in [9.17, 15) is 19.7 Å². The molecule has 6 nitrogen and oxygen atoms in total. The fraction of sp³-hybridized carbons (Fsp3) is 0.200. The Balaban J connectivity index is 1.66. The van der Waals surface area contributed by atoms with Gasteiger partial charge in [-0.3, -0.25) is 19.7 Å². The van der Waals surface area contributed by atoms with E-state index in [0.717, 1.165) is 26.1 Å². The molecule has 0 spiro atoms. The molecule has 32 heavy (non-hydrogen) atoms. The largest absolute Gasteiger partial charge is 0.285 e. The number of anilines is 1. The van der Waals surface area contributed by atoms with Crippen LogP contribution in [0, 0.1) is 28.9 Å². The van der Waals surface area contributed by atoms with E-state index in [1.807, 2.05) is 37.3 Å². The number of carbonyl (C=O) groups is 2. The molecule has 7 heteroatoms. The predicted octanol–water partition coefficient (Wildman–Crippen LogP) is 4.54. The van der Waals surface area contributed by atoms with Gasteiger partial charge in [0.15, 0.2) is 0 Å². The topological polar surface area (TPSA) is 80.5 Å². The lowest BCUT2D eigenvalue weighted by atomic mass is 9.51. The van der Waals surface area contributed by atoms with Crippen LogP contribution >= 0.6 is 15.9 Å². The number of nitro groups is 1. The van der Waals surface area contributed by atoms with Crippen LogP contribution in [-0.2, 0) is 15.1 Å². The van der Waals surface area contributed by atoms with Gasteiger partial charge in [0, 0.05) is 26.4 Å². The first-order valence-electron chi connectivity index (χ1n) is 10.4. The standard InChI is InChI=1S/C25H17BrN2O4/c1-13-10-11-14(12-19(13)26)27-23(29)21-20-15-6-2-4-8-17(15)25(28(31)32,22(21)24(27)30)18-9-5-3-7-16(18)20/h2-12,20-22H,1H3/t20?,21-,22+,25?/m0/s1. The number of hydrogen-bond acceptors (Lipinski definition) is 4. The molecule has 7 rings (SSSR count). The van der Waals surface area contributed by atoms with Crippen LogP contribution < -0.4 is 4.90 Å². The Morgan fingerprint density at radius 1 is 0.938 bits per heavy atom. The summed E-state index contributed by atoms with van der Waals surface area (Å²) in [6, 6.07) is 19.6. The van der Waals surface area contributed by atoms with Crippen molar-refractivity contribution in [1.82, 2.24) is 0 Å². The molecule has 3 aromatic carbocycles. The fourth-order valence-corrected chi connectivity index (χ4v) is 6.38. The van der Waals surface area contributed by atoms with E-state index in [-0.39, 0.29) is 10.8 Å². The first kappa shape index (κ1) is 19.4. The first-order valence-corrected chi connectivity index (χ1v) is 11.2. The molecule has 4 aliphatic rings. The summed E-state index contributed by atoms with van der Waals surface area (Å²) in [4.78, 5) is 41.4. The third-order valence-corrected chi connectivity index (χ3v) is 8.13. The molecule has 0 unspecified atom stereocenters. The highest BCUT2D eigenvalue weighted by atomic mass is 79.9. The highest BCUT2D eigenvalue weighted by molar-refractivity contribution is 9.10. The Kier molecular flexibility index (Phi) is 3.85. The quantitative estimate of drug-likeness (QED) is 0.301. The van der Waals surface area contributed by atoms with Gasteiger partial charge in [-0.2, -0.15) is 0 Å². The zero-order valence-corrected chi connectivity index (χ0v) is 18.6. The monoisotopic (exact) mass is 488 g/mol. The highest BCUT2D eigenvalue weighted by Gasteiger charge is 2.74. The van der Waals surface area contributed by atoms with E-state index in [2.05, 4.69) is 15.9 Å². The number of aryl methyl sites for hydroxylation is 1. The maximum absolute atomic E-state index is 13.9. The Bertz CT molecular complexity index is 1320. The lowest BCUT2D eigenvalue weighted by Crippen LogP contribution is -2.57. The molecule has 1 heterocycles. The second-order valence-electron chi connectivity index (χ2n) is 8.62. The number of benzene rings is 3. The lowest BCUT2D eigenvalue weighted by molar-refractivity contribution is -0.578. The number of nitrogens with zero attached hydrogens (tertiary/aromatic N) is 2. The second-order valence-corrected chi connectivity index (χ2v) is 9.48. The van der Waals surface area contributed by atoms with Gasteiger partial charge in [-0.25, -0.2) is 4.90 Å². The minimum Gasteiger partial charge on any atom is -0.274 e. The molecule has 1 aliphatic heterocycles. The van der Waals surface area contributed by atoms with E-state index < -0.39 is 29.2 Å². The summed E-state index contributed by atoms with van der Waals surface area (Å²) in [5, 5.41) is 12.9. The van der Waals surface area contributed by atoms with Crippen molar-refractivity contribution in [3.05, 3.63) is 109 Å². The van der Waals surface area contributed by atoms with Crippen LogP contribution in [0.3, 0.4) is 0 Å². The average molecular weight is 489 g/mol. The number of amides is 2. The van der Waals surface area contributed by atoms with E-state index in [4.69, 9.17) is 0 Å². The summed E-state index contributed by atoms with van der Waals surface area (Å²) in [7, 11) is 0. The van der Waals surface area contributed by atoms with Gasteiger partial charge in [-0.05, 0) is 35.7 Å². The summed E-state index contributed by atoms with van der Waals surface area (Å²) in [6.45, 7) is 1.91. The fourth-order valence-electron chi connectivity index (χ4n) is 6.02. The number of rotatable bonds is 2. The SMILES string of the molecule is Cc1ccc(N2C(=O)[C@H]3C4c5ccccc5C([N+](=O)[O-])(c5ccccc54)[C@H]3C2=O)cc1Br. The summed E-state index contributed by atoms with van der Waals surface area (Å²) in [6.07, 6.45) is 0. The molecule has 0 radical (unpaired) electrons. The summed E-state index contributed by atoms with van der Waals surface area (Å²) in [5.41, 5.74) is 2.15. The number of imide groups is 1. The van der Waals surface area contributed by atoms with Crippen LogP contribution in [0.15, 0.2) is 71.2 Å². The Hall–Kier alpha value is -3.32. The van der Waals surface area contributed by atoms with Crippen LogP contribution in [0.5, 0.6) is 0 Å². The molecular weight excluding hydrogens is 472 g/mol. The molecule has 2 amide bonds. The van der Waals surface area contributed by atoms with E-state index >= 15 is 0 Å². The Morgan fingerprint density at radius 3 is 2.09 bits per heavy atom. The van der Waals surface area contributed by atoms with Crippen LogP contribution in [0.4, 0.5) is 5.69 Å². The summed E-state index contributed by atoms with van der Waals surface area (Å²) >= 11 is 3.47. The van der Waals surface area contributed by atoms with Crippen molar-refractivity contribution in [3.63, 3.8) is 0 Å². The van der Waals surface area contributed by atoms with Crippen LogP contribution in [0.2, 0.25) is 0 Å². The minimum absolute atomic E-state index is 0.350. The Morgan fingerprint density at radius 2 is 1.53 bits per heavy atom. The second kappa shape index (κ2) is 6.36. The maximum Gasteiger partial charge on any atom is 0.285 e. The van der Waals surface area contributed by atoms with E-state index in [1.54, 1.807) is 36.4 Å². The van der Waals surface area contributed by atoms with Gasteiger partial charge in [-0.15, -0.1) is 0 Å². The van der Waals surface area contributed by atoms with Gasteiger partial charge >= 0.3 is 0 Å². The van der Waals surface area contributed by atoms with E-state index in [1.165, 1.54) is 0 Å². The number of hydrogen-bond donors (Lipinski definition) is 0. The van der Waals surface area contributed by atoms with E-state index in [0.29, 0.717) is 16.8 Å². The third-order valence-electron chi connectivity index (χ3n) is 7.27. The van der Waals surface area contributed by atoms with Gasteiger partial charge in [0.2, 0.25) is 11.8 Å². The summed E-state index contributed by atoms with van der Waals surface area (Å²) in [5.74, 6) is -3.21. The number of halogens is 1. The first-order chi connectivity index (χ1) is 15.4. The van der Waals surface area contributed by atoms with Crippen LogP contribution in [-0.4, -0.2) is 16.7 Å². The average Bonchev–Trinajstić information content (AvgIpc) is 3.06. The zero-order valence-electron chi connectivity index (χ0n) is 17.0. The molecule has 0 saturated carbocycles. The van der Waals surface area contributed by atoms with Crippen molar-refractivity contribution in [2.45, 2.75) is 18.4 Å². The molecule has 1 fully saturated rings. The van der Waals surface area contributed by atoms with Crippen molar-refractivity contribution < 1.29 is 14.5 Å². The normalized spacial score (nSPS) is 27.2. The molecule has 0 aromatic heterocycles. The van der Waals surface area contributed by atoms with Crippen LogP contribution in [0.25, 0.3) is 0 Å². The molecule has 158 valence electrons. The van der Waals surface area contributed by atoms with Crippen molar-refractivity contribution >= 4 is 33.4 Å². The van der Waals surface area contributed by atoms with Crippen molar-refractivity contribution in [1.29, 1.82) is 0 Å². The van der Waals surface area contributed by atoms with Gasteiger partial charge in [-0.1, -0.05) is 70.5 Å². The third kappa shape index (κ3) is 2.09. The van der Waals surface area contributed by atoms with Gasteiger partial charge in [0.05, 0.1) is 11.6 Å². The molecule has 3 aliphatic carbocycles. The minimum atomic E-state index is -1.80. The van der Waals surface area contributed by atoms with Gasteiger partial charge in [0.25, 0.3) is 5.54 Å². The molecule has 1 saturated heterocycles. The van der Waals surface area contributed by atoms with Crippen molar-refractivity contribution in [3.8, 4) is 0 Å². The Labute approximate surface area is 192 Å². The number of carbonyl (C=O) groups excluding carboxylic acids is 2. The van der Waals surface area contributed by atoms with Crippen molar-refractivity contribution in [2.75, 3.05) is 4.90 Å². The van der Waals surface area contributed by atoms with Gasteiger partial charge < -0.3 is 0 Å². The molecular formula is C25H17BrN2O4. The smallest absolute Gasteiger partial charge is 0.274 e. The zero-order chi connectivity index (χ0) is 22.4. The molecule has 2 bridgehead atoms. The van der Waals surface area contributed by atoms with Gasteiger partial charge in [0.1, 0.15) is 5.92 Å². The molecule has 2 atom stereocenters. The predicted molar refractivity (Wildman–Crippen MR) is 121 cm³/mol. The summed E-state index contributed by atoms with van der Waals surface area (Å²) < 4.78 is 0.768.